The number of benzene rings is 3. The van der Waals surface area contributed by atoms with E-state index in [0.29, 0.717) is 23.8 Å². The molecule has 5 rings (SSSR count). The number of fused-ring (bicyclic) bond motifs is 2. The number of carbonyl (C=O) groups is 1. The van der Waals surface area contributed by atoms with Crippen LogP contribution in [0.25, 0.3) is 0 Å². The molecule has 2 bridgehead atoms. The fourth-order valence-corrected chi connectivity index (χ4v) is 6.12. The van der Waals surface area contributed by atoms with Crippen LogP contribution in [-0.4, -0.2) is 29.2 Å². The molecule has 0 aromatic heterocycles. The number of hydrogen-bond acceptors (Lipinski definition) is 2. The fourth-order valence-electron chi connectivity index (χ4n) is 6.12. The molecule has 7 heteroatoms. The summed E-state index contributed by atoms with van der Waals surface area (Å²) in [6.07, 6.45) is 1.30. The van der Waals surface area contributed by atoms with Gasteiger partial charge in [-0.1, -0.05) is 36.4 Å². The molecular weight excluding hydrogens is 465 g/mol. The Hall–Kier alpha value is -3.32. The number of rotatable bonds is 7. The van der Waals surface area contributed by atoms with Gasteiger partial charge in [0.05, 0.1) is 12.2 Å². The van der Waals surface area contributed by atoms with E-state index in [1.165, 1.54) is 17.7 Å². The van der Waals surface area contributed by atoms with E-state index in [2.05, 4.69) is 17.0 Å². The Morgan fingerprint density at radius 1 is 0.889 bits per heavy atom. The van der Waals surface area contributed by atoms with Crippen molar-refractivity contribution in [3.05, 3.63) is 101 Å². The van der Waals surface area contributed by atoms with E-state index in [1.807, 2.05) is 18.2 Å². The number of halogens is 3. The monoisotopic (exact) mass is 494 g/mol. The van der Waals surface area contributed by atoms with E-state index < -0.39 is 23.5 Å². The zero-order chi connectivity index (χ0) is 25.2. The maximum Gasteiger partial charge on any atom is 0.412 e. The minimum absolute atomic E-state index is 0.166. The molecule has 0 radical (unpaired) electrons. The van der Waals surface area contributed by atoms with Crippen LogP contribution in [0.4, 0.5) is 23.7 Å². The lowest BCUT2D eigenvalue weighted by Crippen LogP contribution is -2.42. The van der Waals surface area contributed by atoms with Crippen molar-refractivity contribution in [2.45, 2.75) is 32.4 Å². The van der Waals surface area contributed by atoms with Gasteiger partial charge in [0, 0.05) is 31.3 Å². The highest BCUT2D eigenvalue weighted by molar-refractivity contribution is 5.87. The Balaban J connectivity index is 1.37. The number of piperidine rings is 1. The predicted molar refractivity (Wildman–Crippen MR) is 132 cm³/mol. The molecule has 3 aromatic carbocycles. The Morgan fingerprint density at radius 2 is 1.56 bits per heavy atom. The van der Waals surface area contributed by atoms with E-state index in [9.17, 15) is 18.7 Å². The molecule has 1 N–H and O–H groups in total. The van der Waals surface area contributed by atoms with Gasteiger partial charge >= 0.3 is 6.09 Å². The average Bonchev–Trinajstić information content (AvgIpc) is 3.06. The summed E-state index contributed by atoms with van der Waals surface area (Å²) in [5.74, 6) is -0.932. The Labute approximate surface area is 209 Å². The predicted octanol–water partition coefficient (Wildman–Crippen LogP) is 6.49. The lowest BCUT2D eigenvalue weighted by atomic mass is 9.80. The van der Waals surface area contributed by atoms with E-state index in [4.69, 9.17) is 0 Å². The van der Waals surface area contributed by atoms with Crippen LogP contribution < -0.4 is 4.90 Å². The van der Waals surface area contributed by atoms with Crippen LogP contribution in [0, 0.1) is 35.2 Å². The highest BCUT2D eigenvalue weighted by Gasteiger charge is 2.42. The van der Waals surface area contributed by atoms with Crippen molar-refractivity contribution in [3.8, 4) is 0 Å². The van der Waals surface area contributed by atoms with Crippen molar-refractivity contribution in [2.75, 3.05) is 18.0 Å². The molecule has 0 spiro atoms. The zero-order valence-corrected chi connectivity index (χ0v) is 19.9. The Morgan fingerprint density at radius 3 is 2.19 bits per heavy atom. The van der Waals surface area contributed by atoms with E-state index in [0.717, 1.165) is 55.6 Å². The van der Waals surface area contributed by atoms with Crippen LogP contribution in [0.1, 0.15) is 29.5 Å². The van der Waals surface area contributed by atoms with Crippen LogP contribution in [0.15, 0.2) is 66.7 Å². The molecule has 188 valence electrons. The quantitative estimate of drug-likeness (QED) is 0.408. The van der Waals surface area contributed by atoms with Gasteiger partial charge < -0.3 is 5.11 Å². The van der Waals surface area contributed by atoms with E-state index >= 15 is 4.39 Å². The third kappa shape index (κ3) is 5.26. The molecule has 1 saturated heterocycles. The summed E-state index contributed by atoms with van der Waals surface area (Å²) < 4.78 is 42.6. The third-order valence-electron chi connectivity index (χ3n) is 7.67. The molecule has 1 heterocycles. The number of hydrogen-bond donors (Lipinski definition) is 1. The summed E-state index contributed by atoms with van der Waals surface area (Å²) in [4.78, 5) is 15.7. The van der Waals surface area contributed by atoms with Crippen molar-refractivity contribution < 1.29 is 23.1 Å². The topological polar surface area (TPSA) is 43.8 Å². The summed E-state index contributed by atoms with van der Waals surface area (Å²) in [7, 11) is 0. The number of amides is 1. The first-order chi connectivity index (χ1) is 17.4. The lowest BCUT2D eigenvalue weighted by molar-refractivity contribution is 0.103. The number of anilines is 1. The van der Waals surface area contributed by atoms with Crippen LogP contribution in [0.2, 0.25) is 0 Å². The number of carboxylic acid groups (broad SMARTS) is 1. The molecule has 1 amide bonds. The SMILES string of the molecule is O=C(O)N(Cc1cc(F)cc(F)c1)c1cccc(F)c1CC1C2CCC1CN(Cc1ccccc1)C2. The second-order valence-electron chi connectivity index (χ2n) is 10.0. The smallest absolute Gasteiger partial charge is 0.412 e. The molecule has 36 heavy (non-hydrogen) atoms. The van der Waals surface area contributed by atoms with Crippen molar-refractivity contribution in [2.24, 2.45) is 17.8 Å². The largest absolute Gasteiger partial charge is 0.465 e. The summed E-state index contributed by atoms with van der Waals surface area (Å²) >= 11 is 0. The average molecular weight is 495 g/mol. The maximum atomic E-state index is 15.2. The molecule has 2 atom stereocenters. The number of nitrogens with zero attached hydrogens (tertiary/aromatic N) is 2. The van der Waals surface area contributed by atoms with Gasteiger partial charge in [-0.3, -0.25) is 9.80 Å². The van der Waals surface area contributed by atoms with Gasteiger partial charge in [0.25, 0.3) is 0 Å². The van der Waals surface area contributed by atoms with E-state index in [-0.39, 0.29) is 23.7 Å². The molecule has 4 nitrogen and oxygen atoms in total. The molecule has 1 saturated carbocycles. The first kappa shape index (κ1) is 24.4. The second-order valence-corrected chi connectivity index (χ2v) is 10.0. The zero-order valence-electron chi connectivity index (χ0n) is 19.9. The van der Waals surface area contributed by atoms with Crippen LogP contribution in [-0.2, 0) is 19.5 Å². The van der Waals surface area contributed by atoms with Crippen molar-refractivity contribution in [3.63, 3.8) is 0 Å². The van der Waals surface area contributed by atoms with Crippen molar-refractivity contribution >= 4 is 11.8 Å². The minimum atomic E-state index is -1.30. The fraction of sp³-hybridized carbons (Fsp3) is 0.345. The molecular formula is C29H29F3N2O2. The third-order valence-corrected chi connectivity index (χ3v) is 7.67. The van der Waals surface area contributed by atoms with Gasteiger partial charge in [0.15, 0.2) is 0 Å². The van der Waals surface area contributed by atoms with Crippen LogP contribution >= 0.6 is 0 Å². The van der Waals surface area contributed by atoms with Gasteiger partial charge in [-0.25, -0.2) is 18.0 Å². The summed E-state index contributed by atoms with van der Waals surface area (Å²) in [5.41, 5.74) is 2.03. The van der Waals surface area contributed by atoms with Gasteiger partial charge in [0.1, 0.15) is 17.5 Å². The lowest BCUT2D eigenvalue weighted by Gasteiger charge is -2.38. The second kappa shape index (κ2) is 10.3. The highest BCUT2D eigenvalue weighted by atomic mass is 19.1. The van der Waals surface area contributed by atoms with Crippen LogP contribution in [0.3, 0.4) is 0 Å². The van der Waals surface area contributed by atoms with Gasteiger partial charge in [-0.15, -0.1) is 0 Å². The van der Waals surface area contributed by atoms with E-state index in [1.54, 1.807) is 6.07 Å². The Bertz CT molecular complexity index is 1200. The van der Waals surface area contributed by atoms with Crippen molar-refractivity contribution in [1.82, 2.24) is 4.90 Å². The van der Waals surface area contributed by atoms with Gasteiger partial charge in [-0.2, -0.15) is 0 Å². The Kier molecular flexibility index (Phi) is 7.01. The minimum Gasteiger partial charge on any atom is -0.465 e. The normalized spacial score (nSPS) is 21.5. The summed E-state index contributed by atoms with van der Waals surface area (Å²) in [6, 6.07) is 17.7. The number of likely N-dealkylation sites (tertiary alicyclic amines) is 1. The molecule has 3 aromatic rings. The summed E-state index contributed by atoms with van der Waals surface area (Å²) in [6.45, 7) is 2.49. The summed E-state index contributed by atoms with van der Waals surface area (Å²) in [5, 5.41) is 9.95. The first-order valence-corrected chi connectivity index (χ1v) is 12.4. The maximum absolute atomic E-state index is 15.2. The molecule has 2 fully saturated rings. The highest BCUT2D eigenvalue weighted by Crippen LogP contribution is 2.45. The van der Waals surface area contributed by atoms with Crippen molar-refractivity contribution in [1.29, 1.82) is 0 Å². The first-order valence-electron chi connectivity index (χ1n) is 12.4. The van der Waals surface area contributed by atoms with Crippen LogP contribution in [0.5, 0.6) is 0 Å². The molecule has 2 aliphatic rings. The van der Waals surface area contributed by atoms with Gasteiger partial charge in [0.2, 0.25) is 0 Å². The van der Waals surface area contributed by atoms with Gasteiger partial charge in [-0.05, 0) is 72.4 Å². The standard InChI is InChI=1S/C29H29F3N2O2/c30-23-11-20(12-24(31)13-23)16-34(29(35)36)28-8-4-7-27(32)26(28)14-25-21-9-10-22(25)18-33(17-21)15-19-5-2-1-3-6-19/h1-8,11-13,21-22,25H,9-10,14-18H2,(H,35,36). The molecule has 1 aliphatic heterocycles. The molecule has 2 unspecified atom stereocenters. The molecule has 1 aliphatic carbocycles.